The summed E-state index contributed by atoms with van der Waals surface area (Å²) in [4.78, 5) is 4.93. The highest BCUT2D eigenvalue weighted by atomic mass is 79.9. The first-order chi connectivity index (χ1) is 15.4. The van der Waals surface area contributed by atoms with Gasteiger partial charge in [0.25, 0.3) is 0 Å². The Kier molecular flexibility index (Phi) is 10.9. The Hall–Kier alpha value is -0.535. The van der Waals surface area contributed by atoms with Crippen LogP contribution in [-0.4, -0.2) is 57.9 Å². The molecule has 1 unspecified atom stereocenters. The number of ether oxygens (including phenoxy) is 1. The topological polar surface area (TPSA) is 35.9 Å². The molecule has 0 aromatic heterocycles. The molecular formula is C24H32BBr3N2O2. The van der Waals surface area contributed by atoms with Crippen LogP contribution in [0.4, 0.5) is 0 Å². The van der Waals surface area contributed by atoms with Gasteiger partial charge in [-0.15, -0.1) is 47.3 Å². The predicted molar refractivity (Wildman–Crippen MR) is 146 cm³/mol. The molecule has 0 aliphatic carbocycles. The number of benzene rings is 2. The van der Waals surface area contributed by atoms with Gasteiger partial charge in [0.2, 0.25) is 0 Å². The van der Waals surface area contributed by atoms with E-state index in [1.165, 1.54) is 49.0 Å². The van der Waals surface area contributed by atoms with Crippen LogP contribution in [0.2, 0.25) is 0 Å². The van der Waals surface area contributed by atoms with E-state index in [2.05, 4.69) is 94.5 Å². The van der Waals surface area contributed by atoms with Gasteiger partial charge in [-0.1, -0.05) is 24.6 Å². The maximum atomic E-state index is 9.78. The number of piperidine rings is 1. The highest BCUT2D eigenvalue weighted by Gasteiger charge is 2.25. The molecule has 1 saturated heterocycles. The molecule has 32 heavy (non-hydrogen) atoms. The summed E-state index contributed by atoms with van der Waals surface area (Å²) in [7, 11) is 2.19. The zero-order valence-electron chi connectivity index (χ0n) is 18.7. The molecule has 4 nitrogen and oxygen atoms in total. The molecule has 0 spiro atoms. The molecule has 2 heterocycles. The van der Waals surface area contributed by atoms with Crippen LogP contribution < -0.4 is 4.74 Å². The highest BCUT2D eigenvalue weighted by molar-refractivity contribution is 9.69. The minimum Gasteiger partial charge on any atom is -0.508 e. The molecule has 0 bridgehead atoms. The third kappa shape index (κ3) is 8.35. The molecule has 0 radical (unpaired) electrons. The Labute approximate surface area is 217 Å². The van der Waals surface area contributed by atoms with Crippen molar-refractivity contribution >= 4 is 50.5 Å². The van der Waals surface area contributed by atoms with Crippen molar-refractivity contribution in [3.05, 3.63) is 59.2 Å². The zero-order valence-corrected chi connectivity index (χ0v) is 23.4. The summed E-state index contributed by atoms with van der Waals surface area (Å²) in [5.74, 6) is 1.33. The zero-order chi connectivity index (χ0) is 22.9. The first kappa shape index (κ1) is 26.1. The lowest BCUT2D eigenvalue weighted by atomic mass is 9.89. The van der Waals surface area contributed by atoms with Crippen LogP contribution in [0.5, 0.6) is 11.5 Å². The third-order valence-corrected chi connectivity index (χ3v) is 6.23. The Morgan fingerprint density at radius 3 is 2.38 bits per heavy atom. The number of phenols is 1. The van der Waals surface area contributed by atoms with Gasteiger partial charge >= 0.3 is 3.18 Å². The SMILES string of the molecule is BrB(Br)Br.CN1CCc2cc(O)ccc2C1Cc1ccc(OCCN2CCCCC2)cc1. The fourth-order valence-electron chi connectivity index (χ4n) is 4.51. The summed E-state index contributed by atoms with van der Waals surface area (Å²) in [5.41, 5.74) is 3.94. The van der Waals surface area contributed by atoms with Crippen molar-refractivity contribution in [3.63, 3.8) is 0 Å². The van der Waals surface area contributed by atoms with E-state index in [0.717, 1.165) is 38.3 Å². The number of nitrogens with zero attached hydrogens (tertiary/aromatic N) is 2. The van der Waals surface area contributed by atoms with Gasteiger partial charge in [-0.2, -0.15) is 0 Å². The Morgan fingerprint density at radius 1 is 1.00 bits per heavy atom. The van der Waals surface area contributed by atoms with E-state index in [4.69, 9.17) is 4.74 Å². The maximum absolute atomic E-state index is 9.78. The maximum Gasteiger partial charge on any atom is 0.369 e. The molecule has 2 aromatic carbocycles. The van der Waals surface area contributed by atoms with Gasteiger partial charge in [-0.3, -0.25) is 9.80 Å². The molecule has 174 valence electrons. The molecule has 1 atom stereocenters. The van der Waals surface area contributed by atoms with Crippen LogP contribution in [0.15, 0.2) is 42.5 Å². The molecule has 2 aliphatic heterocycles. The van der Waals surface area contributed by atoms with Gasteiger partial charge < -0.3 is 9.84 Å². The Morgan fingerprint density at radius 2 is 1.69 bits per heavy atom. The summed E-state index contributed by atoms with van der Waals surface area (Å²) in [5, 5.41) is 9.78. The van der Waals surface area contributed by atoms with Gasteiger partial charge in [0.05, 0.1) is 0 Å². The first-order valence-electron chi connectivity index (χ1n) is 11.3. The van der Waals surface area contributed by atoms with Gasteiger partial charge in [-0.25, -0.2) is 0 Å². The quantitative estimate of drug-likeness (QED) is 0.387. The van der Waals surface area contributed by atoms with Gasteiger partial charge in [0, 0.05) is 19.1 Å². The number of hydrogen-bond donors (Lipinski definition) is 1. The second-order valence-electron chi connectivity index (χ2n) is 8.48. The molecule has 1 N–H and O–H groups in total. The molecule has 0 amide bonds. The van der Waals surface area contributed by atoms with E-state index >= 15 is 0 Å². The third-order valence-electron chi connectivity index (χ3n) is 6.23. The molecule has 4 rings (SSSR count). The smallest absolute Gasteiger partial charge is 0.369 e. The van der Waals surface area contributed by atoms with Crippen molar-refractivity contribution < 1.29 is 9.84 Å². The monoisotopic (exact) mass is 628 g/mol. The van der Waals surface area contributed by atoms with Gasteiger partial charge in [0.15, 0.2) is 0 Å². The van der Waals surface area contributed by atoms with Crippen molar-refractivity contribution in [2.24, 2.45) is 0 Å². The van der Waals surface area contributed by atoms with E-state index in [-0.39, 0.29) is 3.18 Å². The van der Waals surface area contributed by atoms with Crippen LogP contribution in [-0.2, 0) is 12.8 Å². The molecule has 2 aromatic rings. The number of hydrogen-bond acceptors (Lipinski definition) is 4. The number of fused-ring (bicyclic) bond motifs is 1. The predicted octanol–water partition coefficient (Wildman–Crippen LogP) is 6.18. The van der Waals surface area contributed by atoms with Crippen molar-refractivity contribution in [3.8, 4) is 11.5 Å². The number of halogens is 3. The molecule has 0 saturated carbocycles. The number of likely N-dealkylation sites (tertiary alicyclic amines) is 1. The fourth-order valence-corrected chi connectivity index (χ4v) is 4.51. The van der Waals surface area contributed by atoms with Crippen molar-refractivity contribution in [1.82, 2.24) is 9.80 Å². The molecule has 2 aliphatic rings. The first-order valence-corrected chi connectivity index (χ1v) is 14.1. The molecule has 8 heteroatoms. The summed E-state index contributed by atoms with van der Waals surface area (Å²) in [6.07, 6.45) is 6.00. The fraction of sp³-hybridized carbons (Fsp3) is 0.500. The minimum absolute atomic E-state index is 0.271. The lowest BCUT2D eigenvalue weighted by Gasteiger charge is -2.35. The molecule has 1 fully saturated rings. The lowest BCUT2D eigenvalue weighted by molar-refractivity contribution is 0.183. The van der Waals surface area contributed by atoms with Gasteiger partial charge in [0.1, 0.15) is 18.1 Å². The van der Waals surface area contributed by atoms with Crippen molar-refractivity contribution in [2.75, 3.05) is 39.8 Å². The van der Waals surface area contributed by atoms with Crippen molar-refractivity contribution in [2.45, 2.75) is 38.1 Å². The van der Waals surface area contributed by atoms with E-state index in [1.807, 2.05) is 12.1 Å². The minimum atomic E-state index is 0.271. The summed E-state index contributed by atoms with van der Waals surface area (Å²) < 4.78 is 6.24. The number of phenolic OH excluding ortho intramolecular Hbond substituents is 1. The lowest BCUT2D eigenvalue weighted by Crippen LogP contribution is -2.33. The standard InChI is InChI=1S/C24H32N2O2.BBr3/c1-25-14-11-20-18-21(27)7-10-23(20)24(25)17-19-5-8-22(9-6-19)28-16-15-26-12-3-2-4-13-26;2-1(3)4/h5-10,18,24,27H,2-4,11-17H2,1H3;. The van der Waals surface area contributed by atoms with E-state index in [1.54, 1.807) is 0 Å². The van der Waals surface area contributed by atoms with Crippen LogP contribution in [0.25, 0.3) is 0 Å². The second-order valence-corrected chi connectivity index (χ2v) is 14.9. The van der Waals surface area contributed by atoms with Crippen LogP contribution in [0.3, 0.4) is 0 Å². The number of rotatable bonds is 6. The van der Waals surface area contributed by atoms with E-state index < -0.39 is 0 Å². The Balaban J connectivity index is 0.000000668. The second kappa shape index (κ2) is 13.4. The van der Waals surface area contributed by atoms with Crippen LogP contribution in [0, 0.1) is 0 Å². The summed E-state index contributed by atoms with van der Waals surface area (Å²) in [6, 6.07) is 14.8. The average Bonchev–Trinajstić information content (AvgIpc) is 2.77. The van der Waals surface area contributed by atoms with Crippen LogP contribution >= 0.6 is 47.3 Å². The molecular weight excluding hydrogens is 599 g/mol. The van der Waals surface area contributed by atoms with E-state index in [0.29, 0.717) is 11.8 Å². The highest BCUT2D eigenvalue weighted by Crippen LogP contribution is 2.33. The number of likely N-dealkylation sites (N-methyl/N-ethyl adjacent to an activating group) is 1. The summed E-state index contributed by atoms with van der Waals surface area (Å²) >= 11 is 9.31. The van der Waals surface area contributed by atoms with Gasteiger partial charge in [-0.05, 0) is 86.8 Å². The number of aromatic hydroxyl groups is 1. The normalized spacial score (nSPS) is 18.9. The summed E-state index contributed by atoms with van der Waals surface area (Å²) in [6.45, 7) is 5.26. The Bertz CT molecular complexity index is 830. The average molecular weight is 631 g/mol. The largest absolute Gasteiger partial charge is 0.508 e. The van der Waals surface area contributed by atoms with E-state index in [9.17, 15) is 5.11 Å². The van der Waals surface area contributed by atoms with Crippen LogP contribution in [0.1, 0.15) is 42.0 Å². The van der Waals surface area contributed by atoms with Crippen molar-refractivity contribution in [1.29, 1.82) is 0 Å².